The third-order valence-electron chi connectivity index (χ3n) is 2.61. The molecule has 0 fully saturated rings. The lowest BCUT2D eigenvalue weighted by atomic mass is 10.0. The molecule has 0 heterocycles. The summed E-state index contributed by atoms with van der Waals surface area (Å²) >= 11 is 0. The monoisotopic (exact) mass is 202 g/mol. The zero-order valence-electron chi connectivity index (χ0n) is 8.95. The summed E-state index contributed by atoms with van der Waals surface area (Å²) in [5.74, 6) is 0.962. The number of fused-ring (bicyclic) bond motifs is 1. The van der Waals surface area contributed by atoms with Crippen LogP contribution < -0.4 is 4.74 Å². The average Bonchev–Trinajstić information content (AvgIpc) is 2.28. The summed E-state index contributed by atoms with van der Waals surface area (Å²) in [5, 5.41) is 11.7. The average molecular weight is 202 g/mol. The largest absolute Gasteiger partial charge is 0.507 e. The van der Waals surface area contributed by atoms with Crippen molar-refractivity contribution < 1.29 is 9.84 Å². The summed E-state index contributed by atoms with van der Waals surface area (Å²) in [4.78, 5) is 0. The maximum atomic E-state index is 9.82. The second kappa shape index (κ2) is 3.81. The molecule has 15 heavy (non-hydrogen) atoms. The highest BCUT2D eigenvalue weighted by molar-refractivity contribution is 5.90. The van der Waals surface area contributed by atoms with Crippen molar-refractivity contribution in [1.29, 1.82) is 0 Å². The second-order valence-corrected chi connectivity index (χ2v) is 3.56. The molecule has 0 bridgehead atoms. The molecule has 2 nitrogen and oxygen atoms in total. The Labute approximate surface area is 89.1 Å². The van der Waals surface area contributed by atoms with Crippen LogP contribution in [0.2, 0.25) is 0 Å². The van der Waals surface area contributed by atoms with Gasteiger partial charge in [0.1, 0.15) is 11.5 Å². The van der Waals surface area contributed by atoms with E-state index in [1.807, 2.05) is 18.2 Å². The molecular formula is C13H14O2. The first-order chi connectivity index (χ1) is 7.24. The Morgan fingerprint density at radius 3 is 2.67 bits per heavy atom. The van der Waals surface area contributed by atoms with E-state index in [1.54, 1.807) is 13.2 Å². The van der Waals surface area contributed by atoms with Crippen molar-refractivity contribution >= 4 is 10.8 Å². The van der Waals surface area contributed by atoms with E-state index in [4.69, 9.17) is 4.74 Å². The Morgan fingerprint density at radius 2 is 2.00 bits per heavy atom. The molecule has 0 amide bonds. The van der Waals surface area contributed by atoms with Crippen molar-refractivity contribution in [1.82, 2.24) is 0 Å². The SMILES string of the molecule is CCc1ccc2cc(OC)cc(O)c2c1. The zero-order chi connectivity index (χ0) is 10.8. The number of phenolic OH excluding ortho intramolecular Hbond substituents is 1. The van der Waals surface area contributed by atoms with Gasteiger partial charge in [0.15, 0.2) is 0 Å². The lowest BCUT2D eigenvalue weighted by molar-refractivity contribution is 0.409. The number of hydrogen-bond acceptors (Lipinski definition) is 2. The van der Waals surface area contributed by atoms with Gasteiger partial charge in [0.05, 0.1) is 7.11 Å². The molecule has 0 radical (unpaired) electrons. The molecule has 78 valence electrons. The van der Waals surface area contributed by atoms with E-state index >= 15 is 0 Å². The maximum absolute atomic E-state index is 9.82. The summed E-state index contributed by atoms with van der Waals surface area (Å²) < 4.78 is 5.10. The molecule has 2 heteroatoms. The van der Waals surface area contributed by atoms with E-state index in [9.17, 15) is 5.11 Å². The molecular weight excluding hydrogens is 188 g/mol. The standard InChI is InChI=1S/C13H14O2/c1-3-9-4-5-10-7-11(15-2)8-13(14)12(10)6-9/h4-8,14H,3H2,1-2H3. The first-order valence-electron chi connectivity index (χ1n) is 5.04. The van der Waals surface area contributed by atoms with Crippen LogP contribution in [-0.4, -0.2) is 12.2 Å². The van der Waals surface area contributed by atoms with Crippen LogP contribution in [-0.2, 0) is 6.42 Å². The molecule has 0 saturated heterocycles. The molecule has 0 saturated carbocycles. The van der Waals surface area contributed by atoms with Gasteiger partial charge in [-0.1, -0.05) is 19.1 Å². The number of hydrogen-bond donors (Lipinski definition) is 1. The Morgan fingerprint density at radius 1 is 1.20 bits per heavy atom. The third kappa shape index (κ3) is 1.75. The number of phenols is 1. The molecule has 2 rings (SSSR count). The summed E-state index contributed by atoms with van der Waals surface area (Å²) in [6, 6.07) is 9.66. The van der Waals surface area contributed by atoms with Crippen LogP contribution in [0.3, 0.4) is 0 Å². The van der Waals surface area contributed by atoms with Crippen LogP contribution in [0.25, 0.3) is 10.8 Å². The second-order valence-electron chi connectivity index (χ2n) is 3.56. The highest BCUT2D eigenvalue weighted by Gasteiger charge is 2.03. The van der Waals surface area contributed by atoms with Gasteiger partial charge in [-0.05, 0) is 29.5 Å². The predicted octanol–water partition coefficient (Wildman–Crippen LogP) is 3.12. The topological polar surface area (TPSA) is 29.5 Å². The van der Waals surface area contributed by atoms with E-state index in [2.05, 4.69) is 13.0 Å². The minimum atomic E-state index is 0.277. The van der Waals surface area contributed by atoms with Gasteiger partial charge in [0, 0.05) is 11.5 Å². The maximum Gasteiger partial charge on any atom is 0.127 e. The van der Waals surface area contributed by atoms with Crippen LogP contribution in [0.5, 0.6) is 11.5 Å². The Balaban J connectivity index is 2.68. The molecule has 0 aromatic heterocycles. The fraction of sp³-hybridized carbons (Fsp3) is 0.231. The zero-order valence-corrected chi connectivity index (χ0v) is 8.95. The number of rotatable bonds is 2. The van der Waals surface area contributed by atoms with E-state index in [0.717, 1.165) is 17.2 Å². The minimum absolute atomic E-state index is 0.277. The first-order valence-corrected chi connectivity index (χ1v) is 5.04. The van der Waals surface area contributed by atoms with Crippen LogP contribution in [0, 0.1) is 0 Å². The molecule has 0 atom stereocenters. The first kappa shape index (κ1) is 9.84. The van der Waals surface area contributed by atoms with Crippen molar-refractivity contribution in [3.63, 3.8) is 0 Å². The van der Waals surface area contributed by atoms with Gasteiger partial charge in [-0.25, -0.2) is 0 Å². The van der Waals surface area contributed by atoms with Gasteiger partial charge < -0.3 is 9.84 Å². The van der Waals surface area contributed by atoms with Gasteiger partial charge in [0.2, 0.25) is 0 Å². The van der Waals surface area contributed by atoms with E-state index in [-0.39, 0.29) is 5.75 Å². The number of ether oxygens (including phenoxy) is 1. The van der Waals surface area contributed by atoms with Crippen molar-refractivity contribution in [2.45, 2.75) is 13.3 Å². The third-order valence-corrected chi connectivity index (χ3v) is 2.61. The quantitative estimate of drug-likeness (QED) is 0.810. The van der Waals surface area contributed by atoms with Gasteiger partial charge in [0.25, 0.3) is 0 Å². The molecule has 2 aromatic rings. The van der Waals surface area contributed by atoms with Gasteiger partial charge >= 0.3 is 0 Å². The lowest BCUT2D eigenvalue weighted by Crippen LogP contribution is -1.85. The Hall–Kier alpha value is -1.70. The van der Waals surface area contributed by atoms with Crippen LogP contribution >= 0.6 is 0 Å². The van der Waals surface area contributed by atoms with Crippen molar-refractivity contribution in [3.8, 4) is 11.5 Å². The highest BCUT2D eigenvalue weighted by Crippen LogP contribution is 2.30. The normalized spacial score (nSPS) is 10.5. The summed E-state index contributed by atoms with van der Waals surface area (Å²) in [5.41, 5.74) is 1.22. The van der Waals surface area contributed by atoms with Crippen LogP contribution in [0.4, 0.5) is 0 Å². The lowest BCUT2D eigenvalue weighted by Gasteiger charge is -2.06. The molecule has 0 aliphatic heterocycles. The van der Waals surface area contributed by atoms with Crippen LogP contribution in [0.1, 0.15) is 12.5 Å². The van der Waals surface area contributed by atoms with Crippen LogP contribution in [0.15, 0.2) is 30.3 Å². The molecule has 0 spiro atoms. The molecule has 0 unspecified atom stereocenters. The van der Waals surface area contributed by atoms with E-state index < -0.39 is 0 Å². The van der Waals surface area contributed by atoms with Gasteiger partial charge in [-0.3, -0.25) is 0 Å². The van der Waals surface area contributed by atoms with Gasteiger partial charge in [-0.15, -0.1) is 0 Å². The van der Waals surface area contributed by atoms with Crippen molar-refractivity contribution in [2.75, 3.05) is 7.11 Å². The number of aromatic hydroxyl groups is 1. The van der Waals surface area contributed by atoms with Gasteiger partial charge in [-0.2, -0.15) is 0 Å². The Kier molecular flexibility index (Phi) is 2.50. The minimum Gasteiger partial charge on any atom is -0.507 e. The van der Waals surface area contributed by atoms with Crippen molar-refractivity contribution in [2.24, 2.45) is 0 Å². The van der Waals surface area contributed by atoms with E-state index in [0.29, 0.717) is 5.75 Å². The number of benzene rings is 2. The summed E-state index contributed by atoms with van der Waals surface area (Å²) in [6.07, 6.45) is 0.974. The summed E-state index contributed by atoms with van der Waals surface area (Å²) in [6.45, 7) is 2.10. The predicted molar refractivity (Wildman–Crippen MR) is 61.5 cm³/mol. The molecule has 2 aromatic carbocycles. The number of aryl methyl sites for hydroxylation is 1. The Bertz CT molecular complexity index is 489. The molecule has 1 N–H and O–H groups in total. The fourth-order valence-electron chi connectivity index (χ4n) is 1.70. The number of methoxy groups -OCH3 is 1. The highest BCUT2D eigenvalue weighted by atomic mass is 16.5. The molecule has 0 aliphatic carbocycles. The fourth-order valence-corrected chi connectivity index (χ4v) is 1.70. The smallest absolute Gasteiger partial charge is 0.127 e. The molecule has 0 aliphatic rings. The van der Waals surface area contributed by atoms with Crippen molar-refractivity contribution in [3.05, 3.63) is 35.9 Å². The van der Waals surface area contributed by atoms with E-state index in [1.165, 1.54) is 5.56 Å². The summed E-state index contributed by atoms with van der Waals surface area (Å²) in [7, 11) is 1.60.